The van der Waals surface area contributed by atoms with Crippen molar-refractivity contribution in [2.24, 2.45) is 0 Å². The van der Waals surface area contributed by atoms with E-state index in [2.05, 4.69) is 36.4 Å². The summed E-state index contributed by atoms with van der Waals surface area (Å²) < 4.78 is 7.26. The summed E-state index contributed by atoms with van der Waals surface area (Å²) in [4.78, 5) is 11.4. The van der Waals surface area contributed by atoms with Crippen LogP contribution in [-0.2, 0) is 10.3 Å². The minimum Gasteiger partial charge on any atom is -0.497 e. The van der Waals surface area contributed by atoms with E-state index in [4.69, 9.17) is 4.74 Å². The molecule has 2 N–H and O–H groups in total. The molecule has 0 bridgehead atoms. The average Bonchev–Trinajstić information content (AvgIpc) is 2.91. The number of anilines is 1. The van der Waals surface area contributed by atoms with Crippen molar-refractivity contribution in [2.45, 2.75) is 44.7 Å². The lowest BCUT2D eigenvalue weighted by Gasteiger charge is -2.39. The normalized spacial score (nSPS) is 23.0. The molecule has 1 aliphatic carbocycles. The first-order valence-corrected chi connectivity index (χ1v) is 7.47. The third-order valence-electron chi connectivity index (χ3n) is 4.33. The number of rotatable bonds is 3. The largest absolute Gasteiger partial charge is 0.497 e. The van der Waals surface area contributed by atoms with Crippen LogP contribution in [0.5, 0.6) is 0 Å². The summed E-state index contributed by atoms with van der Waals surface area (Å²) in [5.41, 5.74) is 1.04. The molecule has 0 aromatic carbocycles. The highest BCUT2D eigenvalue weighted by molar-refractivity contribution is 5.93. The SMILES string of the molecule is COC1=CCCC=C1C1CC(C)(C)n2ncc(C(=O)O)c2N1. The van der Waals surface area contributed by atoms with Crippen molar-refractivity contribution in [1.82, 2.24) is 9.78 Å². The monoisotopic (exact) mass is 303 g/mol. The number of nitrogens with one attached hydrogen (secondary N) is 1. The van der Waals surface area contributed by atoms with Crippen LogP contribution in [0, 0.1) is 0 Å². The Morgan fingerprint density at radius 3 is 2.86 bits per heavy atom. The van der Waals surface area contributed by atoms with E-state index in [-0.39, 0.29) is 17.1 Å². The Bertz CT molecular complexity index is 670. The molecule has 0 spiro atoms. The summed E-state index contributed by atoms with van der Waals surface area (Å²) >= 11 is 0. The zero-order valence-electron chi connectivity index (χ0n) is 13.1. The van der Waals surface area contributed by atoms with E-state index < -0.39 is 5.97 Å². The maximum absolute atomic E-state index is 11.4. The summed E-state index contributed by atoms with van der Waals surface area (Å²) in [6.45, 7) is 4.14. The second-order valence-corrected chi connectivity index (χ2v) is 6.35. The van der Waals surface area contributed by atoms with Crippen molar-refractivity contribution in [3.8, 4) is 0 Å². The zero-order chi connectivity index (χ0) is 15.9. The van der Waals surface area contributed by atoms with Crippen LogP contribution in [-0.4, -0.2) is 34.0 Å². The van der Waals surface area contributed by atoms with E-state index in [0.717, 1.165) is 30.6 Å². The number of fused-ring (bicyclic) bond motifs is 1. The van der Waals surface area contributed by atoms with E-state index in [9.17, 15) is 9.90 Å². The number of nitrogens with zero attached hydrogens (tertiary/aromatic N) is 2. The molecule has 1 aliphatic heterocycles. The van der Waals surface area contributed by atoms with Crippen molar-refractivity contribution in [3.05, 3.63) is 35.2 Å². The average molecular weight is 303 g/mol. The van der Waals surface area contributed by atoms with Gasteiger partial charge in [-0.2, -0.15) is 5.10 Å². The molecule has 6 heteroatoms. The fourth-order valence-corrected chi connectivity index (χ4v) is 3.28. The Balaban J connectivity index is 2.01. The summed E-state index contributed by atoms with van der Waals surface area (Å²) in [5.74, 6) is 0.477. The predicted molar refractivity (Wildman–Crippen MR) is 82.9 cm³/mol. The van der Waals surface area contributed by atoms with Gasteiger partial charge in [0, 0.05) is 5.57 Å². The smallest absolute Gasteiger partial charge is 0.341 e. The molecule has 0 saturated heterocycles. The van der Waals surface area contributed by atoms with Gasteiger partial charge in [0.15, 0.2) is 0 Å². The molecule has 1 aromatic rings. The van der Waals surface area contributed by atoms with Crippen LogP contribution in [0.1, 0.15) is 43.5 Å². The van der Waals surface area contributed by atoms with Crippen LogP contribution in [0.4, 0.5) is 5.82 Å². The number of methoxy groups -OCH3 is 1. The molecule has 118 valence electrons. The third-order valence-corrected chi connectivity index (χ3v) is 4.33. The van der Waals surface area contributed by atoms with Gasteiger partial charge in [-0.1, -0.05) is 6.08 Å². The first-order chi connectivity index (χ1) is 10.4. The van der Waals surface area contributed by atoms with Crippen molar-refractivity contribution >= 4 is 11.8 Å². The lowest BCUT2D eigenvalue weighted by atomic mass is 9.86. The van der Waals surface area contributed by atoms with Crippen molar-refractivity contribution in [2.75, 3.05) is 12.4 Å². The van der Waals surface area contributed by atoms with Gasteiger partial charge >= 0.3 is 5.97 Å². The number of aromatic carboxylic acids is 1. The highest BCUT2D eigenvalue weighted by Gasteiger charge is 2.38. The van der Waals surface area contributed by atoms with Gasteiger partial charge in [-0.3, -0.25) is 0 Å². The van der Waals surface area contributed by atoms with E-state index >= 15 is 0 Å². The van der Waals surface area contributed by atoms with Gasteiger partial charge < -0.3 is 15.2 Å². The number of aromatic nitrogens is 2. The van der Waals surface area contributed by atoms with Crippen molar-refractivity contribution < 1.29 is 14.6 Å². The van der Waals surface area contributed by atoms with Gasteiger partial charge in [-0.25, -0.2) is 9.48 Å². The Morgan fingerprint density at radius 1 is 1.45 bits per heavy atom. The number of carboxylic acids is 1. The molecule has 2 aliphatic rings. The van der Waals surface area contributed by atoms with Crippen LogP contribution in [0.3, 0.4) is 0 Å². The molecule has 1 unspecified atom stereocenters. The summed E-state index contributed by atoms with van der Waals surface area (Å²) in [6.07, 6.45) is 8.45. The van der Waals surface area contributed by atoms with Crippen LogP contribution in [0.25, 0.3) is 0 Å². The van der Waals surface area contributed by atoms with Crippen LogP contribution >= 0.6 is 0 Å². The molecule has 1 atom stereocenters. The molecule has 0 fully saturated rings. The third kappa shape index (κ3) is 2.28. The van der Waals surface area contributed by atoms with Crippen molar-refractivity contribution in [1.29, 1.82) is 0 Å². The van der Waals surface area contributed by atoms with E-state index in [1.165, 1.54) is 6.20 Å². The molecule has 1 aromatic heterocycles. The lowest BCUT2D eigenvalue weighted by molar-refractivity contribution is 0.0697. The highest BCUT2D eigenvalue weighted by atomic mass is 16.5. The maximum Gasteiger partial charge on any atom is 0.341 e. The zero-order valence-corrected chi connectivity index (χ0v) is 13.1. The Kier molecular flexibility index (Phi) is 3.47. The van der Waals surface area contributed by atoms with Gasteiger partial charge in [0.1, 0.15) is 17.1 Å². The quantitative estimate of drug-likeness (QED) is 0.898. The van der Waals surface area contributed by atoms with E-state index in [1.54, 1.807) is 11.8 Å². The second kappa shape index (κ2) is 5.19. The first kappa shape index (κ1) is 14.7. The van der Waals surface area contributed by atoms with Gasteiger partial charge in [0.25, 0.3) is 0 Å². The fourth-order valence-electron chi connectivity index (χ4n) is 3.28. The lowest BCUT2D eigenvalue weighted by Crippen LogP contribution is -2.43. The fraction of sp³-hybridized carbons (Fsp3) is 0.500. The number of carboxylic acid groups (broad SMARTS) is 1. The molecular formula is C16H21N3O3. The standard InChI is InChI=1S/C16H21N3O3/c1-16(2)8-12(10-6-4-5-7-13(10)22-3)18-14-11(15(20)21)9-17-19(14)16/h6-7,9,12,18H,4-5,8H2,1-3H3,(H,20,21). The minimum absolute atomic E-state index is 0.0174. The van der Waals surface area contributed by atoms with Gasteiger partial charge in [0.05, 0.1) is 24.9 Å². The number of ether oxygens (including phenoxy) is 1. The number of hydrogen-bond donors (Lipinski definition) is 2. The van der Waals surface area contributed by atoms with Gasteiger partial charge in [0.2, 0.25) is 0 Å². The van der Waals surface area contributed by atoms with E-state index in [0.29, 0.717) is 5.82 Å². The van der Waals surface area contributed by atoms with Crippen LogP contribution < -0.4 is 5.32 Å². The van der Waals surface area contributed by atoms with Gasteiger partial charge in [-0.15, -0.1) is 0 Å². The minimum atomic E-state index is -0.967. The Hall–Kier alpha value is -2.24. The topological polar surface area (TPSA) is 76.4 Å². The molecule has 22 heavy (non-hydrogen) atoms. The van der Waals surface area contributed by atoms with Crippen LogP contribution in [0.2, 0.25) is 0 Å². The molecule has 0 saturated carbocycles. The summed E-state index contributed by atoms with van der Waals surface area (Å²) in [5, 5.41) is 17.0. The number of allylic oxidation sites excluding steroid dienone is 2. The number of carbonyl (C=O) groups is 1. The first-order valence-electron chi connectivity index (χ1n) is 7.47. The number of hydrogen-bond acceptors (Lipinski definition) is 4. The van der Waals surface area contributed by atoms with Crippen molar-refractivity contribution in [3.63, 3.8) is 0 Å². The van der Waals surface area contributed by atoms with Gasteiger partial charge in [-0.05, 0) is 39.2 Å². The maximum atomic E-state index is 11.4. The Morgan fingerprint density at radius 2 is 2.18 bits per heavy atom. The molecular weight excluding hydrogens is 282 g/mol. The summed E-state index contributed by atoms with van der Waals surface area (Å²) in [6, 6.07) is 0.0174. The van der Waals surface area contributed by atoms with Crippen LogP contribution in [0.15, 0.2) is 29.7 Å². The second-order valence-electron chi connectivity index (χ2n) is 6.35. The predicted octanol–water partition coefficient (Wildman–Crippen LogP) is 2.75. The van der Waals surface area contributed by atoms with E-state index in [1.807, 2.05) is 0 Å². The molecule has 0 amide bonds. The molecule has 6 nitrogen and oxygen atoms in total. The molecule has 2 heterocycles. The molecule has 0 radical (unpaired) electrons. The highest BCUT2D eigenvalue weighted by Crippen LogP contribution is 2.38. The molecule has 3 rings (SSSR count). The summed E-state index contributed by atoms with van der Waals surface area (Å²) in [7, 11) is 1.67. The Labute approximate surface area is 129 Å².